The van der Waals surface area contributed by atoms with Crippen LogP contribution in [0.15, 0.2) is 31.2 Å². The maximum absolute atomic E-state index is 13.1. The highest BCUT2D eigenvalue weighted by molar-refractivity contribution is 7.52. The van der Waals surface area contributed by atoms with Gasteiger partial charge < -0.3 is 59.5 Å². The first-order chi connectivity index (χ1) is 21.9. The molecule has 0 saturated carbocycles. The Hall–Kier alpha value is -3.17. The molecule has 23 heteroatoms. The van der Waals surface area contributed by atoms with Gasteiger partial charge in [0.15, 0.2) is 29.6 Å². The standard InChI is InChI=1S/C23H29N9O12P2/c24-10-1-2-26-20-13(10)29-6-31(20)22-16(34)17-12(44-22)4-42-46(37,38)9-40-18-15(33)11(3-41-45(35,36)8-39-17)43-23(18)32-7-30-14-19(25)27-5-28-21(14)32/h1-2,5-7,11-12,15-18,22-23,33-34H,3-4,8-9H2,(H2,24,26)(H,35,36)(H,37,38)(H2,25,27,28)/t11-,12-,15+,16?,17+,18?,22-,23-/m1/s1. The van der Waals surface area contributed by atoms with Gasteiger partial charge in [0.2, 0.25) is 0 Å². The largest absolute Gasteiger partial charge is 0.397 e. The molecule has 2 bridgehead atoms. The van der Waals surface area contributed by atoms with Crippen LogP contribution >= 0.6 is 15.2 Å². The number of imidazole rings is 2. The molecule has 4 aromatic rings. The molecule has 0 aromatic carbocycles. The molecule has 7 heterocycles. The molecule has 46 heavy (non-hydrogen) atoms. The summed E-state index contributed by atoms with van der Waals surface area (Å²) in [4.78, 5) is 41.9. The van der Waals surface area contributed by atoms with Crippen LogP contribution in [-0.2, 0) is 37.1 Å². The maximum atomic E-state index is 13.1. The van der Waals surface area contributed by atoms with Gasteiger partial charge in [-0.1, -0.05) is 0 Å². The van der Waals surface area contributed by atoms with Crippen LogP contribution in [0.25, 0.3) is 22.3 Å². The average Bonchev–Trinajstić information content (AvgIpc) is 3.77. The summed E-state index contributed by atoms with van der Waals surface area (Å²) in [5, 5.41) is 22.3. The molecule has 0 aliphatic carbocycles. The third-order valence-electron chi connectivity index (χ3n) is 7.79. The van der Waals surface area contributed by atoms with E-state index < -0.39 is 90.2 Å². The van der Waals surface area contributed by atoms with Crippen molar-refractivity contribution in [1.29, 1.82) is 0 Å². The first-order valence-corrected chi connectivity index (χ1v) is 17.3. The second-order valence-corrected chi connectivity index (χ2v) is 14.4. The molecule has 10 atom stereocenters. The molecule has 0 amide bonds. The van der Waals surface area contributed by atoms with Gasteiger partial charge >= 0.3 is 15.2 Å². The van der Waals surface area contributed by atoms with Gasteiger partial charge in [-0.2, -0.15) is 0 Å². The molecule has 3 saturated heterocycles. The number of ether oxygens (including phenoxy) is 4. The first-order valence-electron chi connectivity index (χ1n) is 13.8. The number of aliphatic hydroxyl groups is 2. The van der Waals surface area contributed by atoms with E-state index in [1.54, 1.807) is 6.07 Å². The highest BCUT2D eigenvalue weighted by Gasteiger charge is 2.50. The van der Waals surface area contributed by atoms with Gasteiger partial charge in [0.25, 0.3) is 0 Å². The minimum Gasteiger partial charge on any atom is -0.397 e. The van der Waals surface area contributed by atoms with Crippen LogP contribution in [-0.4, -0.2) is 117 Å². The van der Waals surface area contributed by atoms with Crippen molar-refractivity contribution in [2.45, 2.75) is 49.1 Å². The SMILES string of the molecule is Nc1ncnc2c1ncn2[C@@H]1O[C@@H]2COP(=O)(O)CO[C@@H]3C(O)[C@H](n4cnc5c(N)ccnc54)O[C@@H]3COP(=O)(O)COC1[C@H]2O. The van der Waals surface area contributed by atoms with Crippen molar-refractivity contribution >= 4 is 49.0 Å². The Balaban J connectivity index is 1.16. The molecule has 248 valence electrons. The van der Waals surface area contributed by atoms with Gasteiger partial charge in [0.1, 0.15) is 66.7 Å². The minimum absolute atomic E-state index is 0.0741. The van der Waals surface area contributed by atoms with Crippen LogP contribution in [0.2, 0.25) is 0 Å². The fourth-order valence-corrected chi connectivity index (χ4v) is 7.19. The molecule has 0 radical (unpaired) electrons. The lowest BCUT2D eigenvalue weighted by Gasteiger charge is -2.24. The number of fused-ring (bicyclic) bond motifs is 5. The lowest BCUT2D eigenvalue weighted by molar-refractivity contribution is -0.0696. The molecule has 8 N–H and O–H groups in total. The summed E-state index contributed by atoms with van der Waals surface area (Å²) in [6.07, 6.45) is -7.16. The highest BCUT2D eigenvalue weighted by Crippen LogP contribution is 2.48. The van der Waals surface area contributed by atoms with Crippen molar-refractivity contribution in [1.82, 2.24) is 34.1 Å². The molecule has 0 spiro atoms. The molecule has 3 aliphatic heterocycles. The van der Waals surface area contributed by atoms with Gasteiger partial charge in [-0.05, 0) is 6.07 Å². The first kappa shape index (κ1) is 31.4. The Morgan fingerprint density at radius 3 is 2.11 bits per heavy atom. The van der Waals surface area contributed by atoms with Crippen LogP contribution < -0.4 is 11.5 Å². The number of anilines is 2. The van der Waals surface area contributed by atoms with E-state index in [2.05, 4.69) is 24.9 Å². The van der Waals surface area contributed by atoms with E-state index in [1.165, 1.54) is 34.3 Å². The Bertz CT molecular complexity index is 1860. The van der Waals surface area contributed by atoms with Crippen molar-refractivity contribution in [3.05, 3.63) is 31.2 Å². The zero-order valence-corrected chi connectivity index (χ0v) is 25.4. The fourth-order valence-electron chi connectivity index (χ4n) is 5.56. The quantitative estimate of drug-likeness (QED) is 0.139. The normalized spacial score (nSPS) is 37.7. The Labute approximate surface area is 258 Å². The van der Waals surface area contributed by atoms with E-state index in [9.17, 15) is 29.1 Å². The number of nitrogens with zero attached hydrogens (tertiary/aromatic N) is 7. The predicted molar refractivity (Wildman–Crippen MR) is 153 cm³/mol. The topological polar surface area (TPSA) is 297 Å². The molecular formula is C23H29N9O12P2. The van der Waals surface area contributed by atoms with Crippen LogP contribution in [0.4, 0.5) is 11.5 Å². The van der Waals surface area contributed by atoms with Gasteiger partial charge in [-0.15, -0.1) is 0 Å². The van der Waals surface area contributed by atoms with E-state index in [1.807, 2.05) is 0 Å². The van der Waals surface area contributed by atoms with E-state index in [0.717, 1.165) is 0 Å². The molecule has 4 aromatic heterocycles. The van der Waals surface area contributed by atoms with Gasteiger partial charge in [-0.25, -0.2) is 24.9 Å². The zero-order valence-electron chi connectivity index (χ0n) is 23.6. The maximum Gasteiger partial charge on any atom is 0.353 e. The number of hydrogen-bond acceptors (Lipinski definition) is 17. The van der Waals surface area contributed by atoms with Crippen LogP contribution in [0.5, 0.6) is 0 Å². The summed E-state index contributed by atoms with van der Waals surface area (Å²) in [6, 6.07) is 1.54. The summed E-state index contributed by atoms with van der Waals surface area (Å²) < 4.78 is 62.7. The Kier molecular flexibility index (Phi) is 8.07. The second kappa shape index (κ2) is 11.8. The summed E-state index contributed by atoms with van der Waals surface area (Å²) in [6.45, 7) is -1.23. The number of nitrogens with two attached hydrogens (primary N) is 2. The smallest absolute Gasteiger partial charge is 0.353 e. The molecular weight excluding hydrogens is 656 g/mol. The third-order valence-corrected chi connectivity index (χ3v) is 9.85. The monoisotopic (exact) mass is 685 g/mol. The van der Waals surface area contributed by atoms with Crippen LogP contribution in [0.1, 0.15) is 12.5 Å². The van der Waals surface area contributed by atoms with Crippen molar-refractivity contribution in [2.75, 3.05) is 37.4 Å². The number of nitrogen functional groups attached to an aromatic ring is 2. The Morgan fingerprint density at radius 2 is 1.37 bits per heavy atom. The van der Waals surface area contributed by atoms with Crippen molar-refractivity contribution < 1.29 is 57.1 Å². The molecule has 3 fully saturated rings. The zero-order chi connectivity index (χ0) is 32.4. The summed E-state index contributed by atoms with van der Waals surface area (Å²) in [5.74, 6) is 0.0741. The Morgan fingerprint density at radius 1 is 0.761 bits per heavy atom. The van der Waals surface area contributed by atoms with Crippen molar-refractivity contribution in [2.24, 2.45) is 0 Å². The summed E-state index contributed by atoms with van der Waals surface area (Å²) in [5.41, 5.74) is 13.2. The van der Waals surface area contributed by atoms with Crippen molar-refractivity contribution in [3.8, 4) is 0 Å². The van der Waals surface area contributed by atoms with Crippen molar-refractivity contribution in [3.63, 3.8) is 0 Å². The van der Waals surface area contributed by atoms with Gasteiger partial charge in [-0.3, -0.25) is 18.3 Å². The van der Waals surface area contributed by atoms with E-state index in [-0.39, 0.29) is 22.6 Å². The third kappa shape index (κ3) is 5.68. The van der Waals surface area contributed by atoms with Crippen LogP contribution in [0.3, 0.4) is 0 Å². The minimum atomic E-state index is -4.57. The fraction of sp³-hybridized carbons (Fsp3) is 0.522. The number of aliphatic hydroxyl groups excluding tert-OH is 2. The molecule has 4 unspecified atom stereocenters. The second-order valence-electron chi connectivity index (χ2n) is 10.8. The van der Waals surface area contributed by atoms with Gasteiger partial charge in [0.05, 0.1) is 31.6 Å². The number of hydrogen-bond donors (Lipinski definition) is 6. The number of pyridine rings is 1. The number of aromatic nitrogens is 7. The van der Waals surface area contributed by atoms with Crippen LogP contribution in [0, 0.1) is 0 Å². The molecule has 21 nitrogen and oxygen atoms in total. The molecule has 3 aliphatic rings. The predicted octanol–water partition coefficient (Wildman–Crippen LogP) is -0.945. The number of rotatable bonds is 2. The average molecular weight is 685 g/mol. The van der Waals surface area contributed by atoms with E-state index in [0.29, 0.717) is 11.2 Å². The lowest BCUT2D eigenvalue weighted by atomic mass is 10.1. The lowest BCUT2D eigenvalue weighted by Crippen LogP contribution is -2.37. The summed E-state index contributed by atoms with van der Waals surface area (Å²) >= 11 is 0. The van der Waals surface area contributed by atoms with E-state index in [4.69, 9.17) is 39.5 Å². The summed E-state index contributed by atoms with van der Waals surface area (Å²) in [7, 11) is -9.13. The highest BCUT2D eigenvalue weighted by atomic mass is 31.2. The van der Waals surface area contributed by atoms with Gasteiger partial charge in [0, 0.05) is 6.20 Å². The molecule has 7 rings (SSSR count). The van der Waals surface area contributed by atoms with E-state index >= 15 is 0 Å².